The molecule has 1 unspecified atom stereocenters. The van der Waals surface area contributed by atoms with Gasteiger partial charge in [0.1, 0.15) is 6.61 Å². The van der Waals surface area contributed by atoms with Gasteiger partial charge in [-0.1, -0.05) is 12.1 Å². The highest BCUT2D eigenvalue weighted by Gasteiger charge is 2.27. The fourth-order valence-corrected chi connectivity index (χ4v) is 4.10. The molecule has 0 amide bonds. The van der Waals surface area contributed by atoms with Crippen molar-refractivity contribution in [3.8, 4) is 5.75 Å². The third-order valence-electron chi connectivity index (χ3n) is 4.15. The second kappa shape index (κ2) is 7.10. The van der Waals surface area contributed by atoms with Crippen molar-refractivity contribution < 1.29 is 9.66 Å². The van der Waals surface area contributed by atoms with Crippen molar-refractivity contribution in [3.05, 3.63) is 56.3 Å². The number of rotatable bonds is 6. The lowest BCUT2D eigenvalue weighted by molar-refractivity contribution is -0.385. The van der Waals surface area contributed by atoms with Gasteiger partial charge in [0, 0.05) is 28.4 Å². The Labute approximate surface area is 139 Å². The Balaban J connectivity index is 1.59. The van der Waals surface area contributed by atoms with Crippen LogP contribution in [0.1, 0.15) is 28.6 Å². The highest BCUT2D eigenvalue weighted by atomic mass is 32.1. The highest BCUT2D eigenvalue weighted by molar-refractivity contribution is 7.12. The normalized spacial score (nSPS) is 18.2. The number of nitro groups is 1. The first kappa shape index (κ1) is 16.0. The van der Waals surface area contributed by atoms with Gasteiger partial charge in [0.2, 0.25) is 0 Å². The van der Waals surface area contributed by atoms with E-state index in [1.54, 1.807) is 18.2 Å². The molecule has 0 saturated carbocycles. The quantitative estimate of drug-likeness (QED) is 0.588. The van der Waals surface area contributed by atoms with Crippen molar-refractivity contribution in [1.29, 1.82) is 0 Å². The Morgan fingerprint density at radius 3 is 2.91 bits per heavy atom. The molecule has 23 heavy (non-hydrogen) atoms. The second-order valence-electron chi connectivity index (χ2n) is 5.72. The average molecular weight is 332 g/mol. The van der Waals surface area contributed by atoms with Crippen LogP contribution in [0.5, 0.6) is 5.75 Å². The van der Waals surface area contributed by atoms with Crippen LogP contribution >= 0.6 is 11.3 Å². The van der Waals surface area contributed by atoms with Gasteiger partial charge in [0.25, 0.3) is 0 Å². The molecule has 1 saturated heterocycles. The maximum absolute atomic E-state index is 11.0. The molecule has 0 bridgehead atoms. The predicted octanol–water partition coefficient (Wildman–Crippen LogP) is 4.18. The fourth-order valence-electron chi connectivity index (χ4n) is 3.05. The van der Waals surface area contributed by atoms with Crippen molar-refractivity contribution in [2.75, 3.05) is 19.7 Å². The van der Waals surface area contributed by atoms with Crippen LogP contribution in [0, 0.1) is 17.0 Å². The number of thiophene rings is 1. The number of aryl methyl sites for hydroxylation is 1. The van der Waals surface area contributed by atoms with Gasteiger partial charge in [-0.25, -0.2) is 0 Å². The third kappa shape index (κ3) is 3.71. The predicted molar refractivity (Wildman–Crippen MR) is 91.2 cm³/mol. The number of hydrogen-bond donors (Lipinski definition) is 0. The van der Waals surface area contributed by atoms with Gasteiger partial charge in [-0.05, 0) is 44.5 Å². The monoisotopic (exact) mass is 332 g/mol. The summed E-state index contributed by atoms with van der Waals surface area (Å²) in [5.74, 6) is 0.347. The van der Waals surface area contributed by atoms with E-state index in [9.17, 15) is 10.1 Å². The van der Waals surface area contributed by atoms with Crippen LogP contribution in [0.15, 0.2) is 36.4 Å². The van der Waals surface area contributed by atoms with Crippen LogP contribution in [0.2, 0.25) is 0 Å². The Morgan fingerprint density at radius 1 is 1.35 bits per heavy atom. The van der Waals surface area contributed by atoms with Gasteiger partial charge in [0.05, 0.1) is 4.92 Å². The van der Waals surface area contributed by atoms with Gasteiger partial charge in [-0.15, -0.1) is 11.3 Å². The zero-order chi connectivity index (χ0) is 16.2. The maximum atomic E-state index is 11.0. The van der Waals surface area contributed by atoms with E-state index in [4.69, 9.17) is 4.74 Å². The minimum Gasteiger partial charge on any atom is -0.485 e. The summed E-state index contributed by atoms with van der Waals surface area (Å²) in [6, 6.07) is 11.4. The van der Waals surface area contributed by atoms with Crippen molar-refractivity contribution in [2.24, 2.45) is 0 Å². The van der Waals surface area contributed by atoms with Gasteiger partial charge < -0.3 is 4.74 Å². The molecule has 122 valence electrons. The summed E-state index contributed by atoms with van der Waals surface area (Å²) in [5.41, 5.74) is 0.0272. The Hall–Kier alpha value is -1.92. The molecule has 5 nitrogen and oxygen atoms in total. The molecule has 1 aromatic heterocycles. The smallest absolute Gasteiger partial charge is 0.310 e. The van der Waals surface area contributed by atoms with Crippen LogP contribution in [0.4, 0.5) is 5.69 Å². The fraction of sp³-hybridized carbons (Fsp3) is 0.412. The zero-order valence-corrected chi connectivity index (χ0v) is 13.9. The SMILES string of the molecule is Cc1ccc(C2CCCN2CCOc2ccccc2[N+](=O)[O-])s1. The summed E-state index contributed by atoms with van der Waals surface area (Å²) >= 11 is 1.85. The summed E-state index contributed by atoms with van der Waals surface area (Å²) in [7, 11) is 0. The summed E-state index contributed by atoms with van der Waals surface area (Å²) in [6.07, 6.45) is 2.36. The summed E-state index contributed by atoms with van der Waals surface area (Å²) in [6.45, 7) is 4.44. The van der Waals surface area contributed by atoms with E-state index in [1.165, 1.54) is 28.7 Å². The number of ether oxygens (including phenoxy) is 1. The van der Waals surface area contributed by atoms with E-state index in [1.807, 2.05) is 11.3 Å². The van der Waals surface area contributed by atoms with Crippen molar-refractivity contribution in [1.82, 2.24) is 4.90 Å². The van der Waals surface area contributed by atoms with E-state index in [-0.39, 0.29) is 5.69 Å². The minimum atomic E-state index is -0.400. The molecule has 0 radical (unpaired) electrons. The highest BCUT2D eigenvalue weighted by Crippen LogP contribution is 2.35. The first-order valence-corrected chi connectivity index (χ1v) is 8.63. The second-order valence-corrected chi connectivity index (χ2v) is 7.04. The first-order chi connectivity index (χ1) is 11.1. The Bertz CT molecular complexity index is 686. The van der Waals surface area contributed by atoms with Crippen molar-refractivity contribution in [3.63, 3.8) is 0 Å². The number of likely N-dealkylation sites (tertiary alicyclic amines) is 1. The molecule has 3 rings (SSSR count). The van der Waals surface area contributed by atoms with Crippen LogP contribution in [-0.2, 0) is 0 Å². The van der Waals surface area contributed by atoms with E-state index >= 15 is 0 Å². The van der Waals surface area contributed by atoms with Crippen LogP contribution < -0.4 is 4.74 Å². The lowest BCUT2D eigenvalue weighted by Gasteiger charge is -2.23. The third-order valence-corrected chi connectivity index (χ3v) is 5.25. The Kier molecular flexibility index (Phi) is 4.93. The van der Waals surface area contributed by atoms with Crippen molar-refractivity contribution in [2.45, 2.75) is 25.8 Å². The summed E-state index contributed by atoms with van der Waals surface area (Å²) in [4.78, 5) is 15.8. The number of nitrogens with zero attached hydrogens (tertiary/aromatic N) is 2. The van der Waals surface area contributed by atoms with E-state index in [0.717, 1.165) is 13.1 Å². The topological polar surface area (TPSA) is 55.6 Å². The minimum absolute atomic E-state index is 0.0272. The molecule has 1 aliphatic rings. The number of hydrogen-bond acceptors (Lipinski definition) is 5. The van der Waals surface area contributed by atoms with Crippen LogP contribution in [0.25, 0.3) is 0 Å². The Morgan fingerprint density at radius 2 is 2.17 bits per heavy atom. The lowest BCUT2D eigenvalue weighted by atomic mass is 10.2. The zero-order valence-electron chi connectivity index (χ0n) is 13.1. The molecule has 0 N–H and O–H groups in total. The maximum Gasteiger partial charge on any atom is 0.310 e. The van der Waals surface area contributed by atoms with Crippen LogP contribution in [0.3, 0.4) is 0 Å². The molecule has 1 atom stereocenters. The molecule has 6 heteroatoms. The number of nitro benzene ring substituents is 1. The van der Waals surface area contributed by atoms with Crippen LogP contribution in [-0.4, -0.2) is 29.5 Å². The summed E-state index contributed by atoms with van der Waals surface area (Å²) in [5, 5.41) is 11.0. The standard InChI is InChI=1S/C17H20N2O3S/c1-13-8-9-17(23-13)15-6-4-10-18(15)11-12-22-16-7-3-2-5-14(16)19(20)21/h2-3,5,7-9,15H,4,6,10-12H2,1H3. The van der Waals surface area contributed by atoms with E-state index in [2.05, 4.69) is 24.0 Å². The molecule has 1 aromatic carbocycles. The molecular formula is C17H20N2O3S. The molecule has 1 aliphatic heterocycles. The molecule has 0 spiro atoms. The molecule has 2 heterocycles. The summed E-state index contributed by atoms with van der Waals surface area (Å²) < 4.78 is 5.67. The molecule has 0 aliphatic carbocycles. The first-order valence-electron chi connectivity index (χ1n) is 7.82. The van der Waals surface area contributed by atoms with E-state index < -0.39 is 4.92 Å². The molecule has 1 fully saturated rings. The van der Waals surface area contributed by atoms with Gasteiger partial charge in [-0.3, -0.25) is 15.0 Å². The molecule has 2 aromatic rings. The number of benzene rings is 1. The van der Waals surface area contributed by atoms with E-state index in [0.29, 0.717) is 18.4 Å². The lowest BCUT2D eigenvalue weighted by Crippen LogP contribution is -2.27. The molecular weight excluding hydrogens is 312 g/mol. The van der Waals surface area contributed by atoms with Crippen molar-refractivity contribution >= 4 is 17.0 Å². The average Bonchev–Trinajstić information content (AvgIpc) is 3.16. The number of para-hydroxylation sites is 2. The van der Waals surface area contributed by atoms with Gasteiger partial charge >= 0.3 is 5.69 Å². The largest absolute Gasteiger partial charge is 0.485 e. The van der Waals surface area contributed by atoms with Gasteiger partial charge in [-0.2, -0.15) is 0 Å². The van der Waals surface area contributed by atoms with Gasteiger partial charge in [0.15, 0.2) is 5.75 Å².